The van der Waals surface area contributed by atoms with Crippen LogP contribution >= 0.6 is 0 Å². The molecule has 0 radical (unpaired) electrons. The summed E-state index contributed by atoms with van der Waals surface area (Å²) in [6.45, 7) is 4.78. The van der Waals surface area contributed by atoms with Gasteiger partial charge in [-0.2, -0.15) is 0 Å². The van der Waals surface area contributed by atoms with Crippen LogP contribution in [0.5, 0.6) is 5.75 Å². The highest BCUT2D eigenvalue weighted by Crippen LogP contribution is 2.24. The van der Waals surface area contributed by atoms with Crippen molar-refractivity contribution in [1.82, 2.24) is 19.7 Å². The van der Waals surface area contributed by atoms with Crippen LogP contribution in [0.25, 0.3) is 11.5 Å². The number of rotatable bonds is 5. The average molecular weight is 363 g/mol. The summed E-state index contributed by atoms with van der Waals surface area (Å²) in [7, 11) is 1.96. The lowest BCUT2D eigenvalue weighted by atomic mass is 9.99. The molecular weight excluding hydrogens is 338 g/mol. The summed E-state index contributed by atoms with van der Waals surface area (Å²) in [5.41, 5.74) is 2.02. The molecule has 0 amide bonds. The van der Waals surface area contributed by atoms with Crippen LogP contribution in [0.2, 0.25) is 0 Å². The van der Waals surface area contributed by atoms with Crippen molar-refractivity contribution >= 4 is 5.82 Å². The van der Waals surface area contributed by atoms with Gasteiger partial charge >= 0.3 is 0 Å². The van der Waals surface area contributed by atoms with E-state index in [9.17, 15) is 0 Å². The number of ether oxygens (including phenoxy) is 1. The van der Waals surface area contributed by atoms with Crippen molar-refractivity contribution in [2.24, 2.45) is 13.0 Å². The van der Waals surface area contributed by atoms with Gasteiger partial charge in [0.2, 0.25) is 0 Å². The van der Waals surface area contributed by atoms with E-state index in [0.717, 1.165) is 49.2 Å². The normalized spacial score (nSPS) is 17.1. The Balaban J connectivity index is 1.38. The molecule has 6 nitrogen and oxygen atoms in total. The Morgan fingerprint density at radius 3 is 2.85 bits per heavy atom. The van der Waals surface area contributed by atoms with E-state index in [1.807, 2.05) is 42.1 Å². The zero-order chi connectivity index (χ0) is 18.6. The van der Waals surface area contributed by atoms with Crippen LogP contribution in [0.3, 0.4) is 0 Å². The van der Waals surface area contributed by atoms with Crippen molar-refractivity contribution in [2.45, 2.75) is 19.8 Å². The fourth-order valence-electron chi connectivity index (χ4n) is 3.55. The molecule has 3 aromatic rings. The molecule has 0 N–H and O–H groups in total. The number of aryl methyl sites for hydroxylation is 2. The largest absolute Gasteiger partial charge is 0.493 e. The van der Waals surface area contributed by atoms with Gasteiger partial charge in [0, 0.05) is 38.4 Å². The first-order valence-corrected chi connectivity index (χ1v) is 9.45. The summed E-state index contributed by atoms with van der Waals surface area (Å²) in [5, 5.41) is 8.82. The van der Waals surface area contributed by atoms with E-state index in [1.54, 1.807) is 6.20 Å². The van der Waals surface area contributed by atoms with Gasteiger partial charge in [0.15, 0.2) is 11.6 Å². The first-order valence-electron chi connectivity index (χ1n) is 9.45. The lowest BCUT2D eigenvalue weighted by Gasteiger charge is -2.33. The highest BCUT2D eigenvalue weighted by Gasteiger charge is 2.22. The molecule has 1 aliphatic heterocycles. The van der Waals surface area contributed by atoms with E-state index in [0.29, 0.717) is 5.92 Å². The van der Waals surface area contributed by atoms with Gasteiger partial charge in [0.25, 0.3) is 0 Å². The quantitative estimate of drug-likeness (QED) is 0.695. The number of hydrogen-bond acceptors (Lipinski definition) is 5. The molecule has 0 saturated carbocycles. The van der Waals surface area contributed by atoms with E-state index in [2.05, 4.69) is 39.1 Å². The Hall–Kier alpha value is -2.89. The smallest absolute Gasteiger partial charge is 0.160 e. The standard InChI is InChI=1S/C21H25N5O/c1-16-5-3-7-18(13-16)27-15-17-6-4-11-26(14-17)20-9-8-19(23-24-20)21-22-10-12-25(21)2/h3,5,7-10,12-13,17H,4,6,11,14-15H2,1-2H3. The molecule has 1 unspecified atom stereocenters. The number of hydrogen-bond donors (Lipinski definition) is 0. The number of piperidine rings is 1. The predicted octanol–water partition coefficient (Wildman–Crippen LogP) is 3.48. The number of aromatic nitrogens is 4. The molecule has 1 fully saturated rings. The third kappa shape index (κ3) is 4.10. The fourth-order valence-corrected chi connectivity index (χ4v) is 3.55. The number of imidazole rings is 1. The predicted molar refractivity (Wildman–Crippen MR) is 106 cm³/mol. The van der Waals surface area contributed by atoms with Crippen molar-refractivity contribution in [3.63, 3.8) is 0 Å². The summed E-state index contributed by atoms with van der Waals surface area (Å²) in [5.74, 6) is 3.20. The average Bonchev–Trinajstić information content (AvgIpc) is 3.13. The Bertz CT molecular complexity index is 890. The Morgan fingerprint density at radius 1 is 1.19 bits per heavy atom. The summed E-state index contributed by atoms with van der Waals surface area (Å²) in [6.07, 6.45) is 6.01. The van der Waals surface area contributed by atoms with E-state index in [1.165, 1.54) is 12.0 Å². The van der Waals surface area contributed by atoms with E-state index >= 15 is 0 Å². The molecule has 27 heavy (non-hydrogen) atoms. The number of anilines is 1. The summed E-state index contributed by atoms with van der Waals surface area (Å²) >= 11 is 0. The topological polar surface area (TPSA) is 56.1 Å². The van der Waals surface area contributed by atoms with Gasteiger partial charge < -0.3 is 14.2 Å². The molecule has 140 valence electrons. The molecule has 1 aliphatic rings. The molecule has 0 spiro atoms. The number of nitrogens with zero attached hydrogens (tertiary/aromatic N) is 5. The monoisotopic (exact) mass is 363 g/mol. The minimum Gasteiger partial charge on any atom is -0.493 e. The molecule has 1 atom stereocenters. The van der Waals surface area contributed by atoms with Gasteiger partial charge in [0.1, 0.15) is 11.4 Å². The Morgan fingerprint density at radius 2 is 2.11 bits per heavy atom. The van der Waals surface area contributed by atoms with E-state index in [-0.39, 0.29) is 0 Å². The third-order valence-electron chi connectivity index (χ3n) is 5.02. The highest BCUT2D eigenvalue weighted by molar-refractivity contribution is 5.51. The van der Waals surface area contributed by atoms with Crippen LogP contribution in [0.15, 0.2) is 48.8 Å². The van der Waals surface area contributed by atoms with Gasteiger partial charge in [-0.25, -0.2) is 4.98 Å². The second kappa shape index (κ2) is 7.78. The van der Waals surface area contributed by atoms with E-state index < -0.39 is 0 Å². The minimum atomic E-state index is 0.496. The van der Waals surface area contributed by atoms with E-state index in [4.69, 9.17) is 4.74 Å². The van der Waals surface area contributed by atoms with Crippen LogP contribution in [0.4, 0.5) is 5.82 Å². The van der Waals surface area contributed by atoms with Crippen molar-refractivity contribution in [3.8, 4) is 17.3 Å². The molecule has 2 aromatic heterocycles. The van der Waals surface area contributed by atoms with Gasteiger partial charge in [-0.05, 0) is 49.6 Å². The van der Waals surface area contributed by atoms with Crippen LogP contribution < -0.4 is 9.64 Å². The van der Waals surface area contributed by atoms with Crippen molar-refractivity contribution < 1.29 is 4.74 Å². The second-order valence-corrected chi connectivity index (χ2v) is 7.22. The molecule has 0 aliphatic carbocycles. The van der Waals surface area contributed by atoms with Crippen LogP contribution in [-0.4, -0.2) is 39.4 Å². The minimum absolute atomic E-state index is 0.496. The molecule has 6 heteroatoms. The van der Waals surface area contributed by atoms with Gasteiger partial charge in [-0.15, -0.1) is 10.2 Å². The maximum Gasteiger partial charge on any atom is 0.160 e. The van der Waals surface area contributed by atoms with Crippen molar-refractivity contribution in [3.05, 3.63) is 54.4 Å². The summed E-state index contributed by atoms with van der Waals surface area (Å²) in [6, 6.07) is 12.3. The SMILES string of the molecule is Cc1cccc(OCC2CCCN(c3ccc(-c4nccn4C)nn3)C2)c1. The highest BCUT2D eigenvalue weighted by atomic mass is 16.5. The lowest BCUT2D eigenvalue weighted by Crippen LogP contribution is -2.38. The zero-order valence-corrected chi connectivity index (χ0v) is 15.9. The maximum atomic E-state index is 6.02. The molecule has 0 bridgehead atoms. The zero-order valence-electron chi connectivity index (χ0n) is 15.9. The fraction of sp³-hybridized carbons (Fsp3) is 0.381. The van der Waals surface area contributed by atoms with Gasteiger partial charge in [-0.1, -0.05) is 12.1 Å². The Kier molecular flexibility index (Phi) is 5.05. The molecular formula is C21H25N5O. The van der Waals surface area contributed by atoms with Crippen molar-refractivity contribution in [1.29, 1.82) is 0 Å². The second-order valence-electron chi connectivity index (χ2n) is 7.22. The first kappa shape index (κ1) is 17.5. The first-order chi connectivity index (χ1) is 13.2. The van der Waals surface area contributed by atoms with Crippen LogP contribution in [0, 0.1) is 12.8 Å². The summed E-state index contributed by atoms with van der Waals surface area (Å²) < 4.78 is 7.97. The van der Waals surface area contributed by atoms with Crippen LogP contribution in [-0.2, 0) is 7.05 Å². The van der Waals surface area contributed by atoms with Gasteiger partial charge in [-0.3, -0.25) is 0 Å². The maximum absolute atomic E-state index is 6.02. The molecule has 3 heterocycles. The van der Waals surface area contributed by atoms with Crippen LogP contribution in [0.1, 0.15) is 18.4 Å². The molecule has 4 rings (SSSR count). The molecule has 1 aromatic carbocycles. The summed E-state index contributed by atoms with van der Waals surface area (Å²) in [4.78, 5) is 6.64. The Labute approximate surface area is 159 Å². The van der Waals surface area contributed by atoms with Crippen molar-refractivity contribution in [2.75, 3.05) is 24.6 Å². The lowest BCUT2D eigenvalue weighted by molar-refractivity contribution is 0.228. The third-order valence-corrected chi connectivity index (χ3v) is 5.02. The molecule has 1 saturated heterocycles. The van der Waals surface area contributed by atoms with Gasteiger partial charge in [0.05, 0.1) is 6.61 Å². The number of benzene rings is 1.